The van der Waals surface area contributed by atoms with E-state index in [1.165, 1.54) is 4.57 Å². The molecule has 33 heavy (non-hydrogen) atoms. The minimum atomic E-state index is -0.334. The first-order chi connectivity index (χ1) is 16.0. The van der Waals surface area contributed by atoms with Crippen molar-refractivity contribution < 1.29 is 14.6 Å². The number of methoxy groups -OCH3 is 1. The SMILES string of the molecule is COc1cc(-n2cnc3c(c2=O)SC(c2ccc(Cl)cc2)C3)ccc1OC[C@@H]1C[C@@H](O)CN1. The van der Waals surface area contributed by atoms with E-state index in [0.717, 1.165) is 11.3 Å². The van der Waals surface area contributed by atoms with Crippen LogP contribution in [0.15, 0.2) is 58.5 Å². The molecule has 0 bridgehead atoms. The number of thioether (sulfide) groups is 1. The Morgan fingerprint density at radius 1 is 1.24 bits per heavy atom. The van der Waals surface area contributed by atoms with Crippen molar-refractivity contribution in [2.24, 2.45) is 0 Å². The Morgan fingerprint density at radius 3 is 2.79 bits per heavy atom. The van der Waals surface area contributed by atoms with E-state index in [4.69, 9.17) is 21.1 Å². The summed E-state index contributed by atoms with van der Waals surface area (Å²) in [6.45, 7) is 1.01. The maximum atomic E-state index is 13.3. The molecule has 0 radical (unpaired) electrons. The van der Waals surface area contributed by atoms with E-state index >= 15 is 0 Å². The van der Waals surface area contributed by atoms with Crippen LogP contribution in [0, 0.1) is 0 Å². The molecule has 7 nitrogen and oxygen atoms in total. The lowest BCUT2D eigenvalue weighted by molar-refractivity contribution is 0.186. The highest BCUT2D eigenvalue weighted by atomic mass is 35.5. The van der Waals surface area contributed by atoms with E-state index in [2.05, 4.69) is 10.3 Å². The van der Waals surface area contributed by atoms with Crippen molar-refractivity contribution in [2.75, 3.05) is 20.3 Å². The number of fused-ring (bicyclic) bond motifs is 1. The molecule has 1 unspecified atom stereocenters. The predicted octanol–water partition coefficient (Wildman–Crippen LogP) is 3.39. The van der Waals surface area contributed by atoms with Gasteiger partial charge in [-0.25, -0.2) is 4.98 Å². The third kappa shape index (κ3) is 4.61. The average molecular weight is 486 g/mol. The maximum Gasteiger partial charge on any atom is 0.271 e. The highest BCUT2D eigenvalue weighted by Crippen LogP contribution is 2.44. The molecule has 0 aliphatic carbocycles. The number of hydrogen-bond acceptors (Lipinski definition) is 7. The Labute approximate surface area is 200 Å². The number of benzene rings is 2. The molecule has 3 atom stereocenters. The van der Waals surface area contributed by atoms with Gasteiger partial charge in [-0.05, 0) is 36.2 Å². The summed E-state index contributed by atoms with van der Waals surface area (Å²) in [4.78, 5) is 18.5. The molecule has 0 amide bonds. The normalized spacial score (nSPS) is 21.7. The van der Waals surface area contributed by atoms with Crippen LogP contribution >= 0.6 is 23.4 Å². The first kappa shape index (κ1) is 22.3. The van der Waals surface area contributed by atoms with Crippen molar-refractivity contribution in [3.8, 4) is 17.2 Å². The van der Waals surface area contributed by atoms with Gasteiger partial charge in [0.1, 0.15) is 12.9 Å². The Morgan fingerprint density at radius 2 is 2.06 bits per heavy atom. The quantitative estimate of drug-likeness (QED) is 0.553. The number of rotatable bonds is 6. The number of nitrogens with zero attached hydrogens (tertiary/aromatic N) is 2. The topological polar surface area (TPSA) is 85.6 Å². The van der Waals surface area contributed by atoms with Crippen LogP contribution in [0.2, 0.25) is 5.02 Å². The van der Waals surface area contributed by atoms with Crippen molar-refractivity contribution >= 4 is 23.4 Å². The van der Waals surface area contributed by atoms with Gasteiger partial charge in [-0.2, -0.15) is 0 Å². The molecule has 5 rings (SSSR count). The molecule has 0 saturated carbocycles. The summed E-state index contributed by atoms with van der Waals surface area (Å²) >= 11 is 7.55. The van der Waals surface area contributed by atoms with E-state index in [0.29, 0.717) is 53.1 Å². The second-order valence-corrected chi connectivity index (χ2v) is 9.85. The highest BCUT2D eigenvalue weighted by molar-refractivity contribution is 7.99. The van der Waals surface area contributed by atoms with Gasteiger partial charge in [-0.1, -0.05) is 23.7 Å². The van der Waals surface area contributed by atoms with Gasteiger partial charge in [0.2, 0.25) is 0 Å². The van der Waals surface area contributed by atoms with Crippen LogP contribution in [-0.4, -0.2) is 47.1 Å². The smallest absolute Gasteiger partial charge is 0.271 e. The summed E-state index contributed by atoms with van der Waals surface area (Å²) in [6.07, 6.45) is 2.60. The zero-order valence-corrected chi connectivity index (χ0v) is 19.6. The van der Waals surface area contributed by atoms with E-state index in [9.17, 15) is 9.90 Å². The number of aliphatic hydroxyl groups excluding tert-OH is 1. The van der Waals surface area contributed by atoms with Gasteiger partial charge >= 0.3 is 0 Å². The fraction of sp³-hybridized carbons (Fsp3) is 0.333. The molecule has 1 aromatic heterocycles. The molecule has 3 aromatic rings. The second-order valence-electron chi connectivity index (χ2n) is 8.20. The molecule has 172 valence electrons. The van der Waals surface area contributed by atoms with Gasteiger partial charge in [0.15, 0.2) is 11.5 Å². The van der Waals surface area contributed by atoms with E-state index in [-0.39, 0.29) is 23.0 Å². The summed E-state index contributed by atoms with van der Waals surface area (Å²) in [5.41, 5.74) is 2.51. The lowest BCUT2D eigenvalue weighted by Gasteiger charge is -2.16. The Balaban J connectivity index is 1.36. The maximum absolute atomic E-state index is 13.3. The molecular weight excluding hydrogens is 462 g/mol. The van der Waals surface area contributed by atoms with Crippen molar-refractivity contribution in [1.29, 1.82) is 0 Å². The molecule has 1 fully saturated rings. The van der Waals surface area contributed by atoms with Crippen molar-refractivity contribution in [2.45, 2.75) is 35.1 Å². The monoisotopic (exact) mass is 485 g/mol. The van der Waals surface area contributed by atoms with Gasteiger partial charge in [0.25, 0.3) is 5.56 Å². The van der Waals surface area contributed by atoms with Gasteiger partial charge in [0, 0.05) is 35.3 Å². The lowest BCUT2D eigenvalue weighted by Crippen LogP contribution is -2.28. The van der Waals surface area contributed by atoms with Gasteiger partial charge in [-0.15, -0.1) is 11.8 Å². The largest absolute Gasteiger partial charge is 0.493 e. The minimum Gasteiger partial charge on any atom is -0.493 e. The molecule has 2 N–H and O–H groups in total. The van der Waals surface area contributed by atoms with Crippen LogP contribution in [0.4, 0.5) is 0 Å². The summed E-state index contributed by atoms with van der Waals surface area (Å²) in [7, 11) is 1.57. The zero-order valence-electron chi connectivity index (χ0n) is 18.0. The molecule has 9 heteroatoms. The fourth-order valence-electron chi connectivity index (χ4n) is 4.18. The van der Waals surface area contributed by atoms with Crippen LogP contribution in [0.3, 0.4) is 0 Å². The minimum absolute atomic E-state index is 0.0959. The molecule has 2 aromatic carbocycles. The average Bonchev–Trinajstić information content (AvgIpc) is 3.45. The molecule has 3 heterocycles. The first-order valence-corrected chi connectivity index (χ1v) is 12.0. The van der Waals surface area contributed by atoms with Crippen LogP contribution in [-0.2, 0) is 6.42 Å². The summed E-state index contributed by atoms with van der Waals surface area (Å²) in [5, 5.41) is 13.7. The summed E-state index contributed by atoms with van der Waals surface area (Å²) in [6, 6.07) is 13.2. The number of nitrogens with one attached hydrogen (secondary N) is 1. The zero-order chi connectivity index (χ0) is 22.9. The molecule has 2 aliphatic rings. The number of halogens is 1. The van der Waals surface area contributed by atoms with Crippen molar-refractivity contribution in [1.82, 2.24) is 14.9 Å². The van der Waals surface area contributed by atoms with Crippen LogP contribution in [0.1, 0.15) is 22.9 Å². The fourth-order valence-corrected chi connectivity index (χ4v) is 5.60. The first-order valence-electron chi connectivity index (χ1n) is 10.8. The van der Waals surface area contributed by atoms with E-state index in [1.807, 2.05) is 30.3 Å². The molecule has 0 spiro atoms. The lowest BCUT2D eigenvalue weighted by atomic mass is 10.1. The number of aromatic nitrogens is 2. The third-order valence-corrected chi connectivity index (χ3v) is 7.57. The predicted molar refractivity (Wildman–Crippen MR) is 128 cm³/mol. The number of ether oxygens (including phenoxy) is 2. The summed E-state index contributed by atoms with van der Waals surface area (Å²) < 4.78 is 13.0. The van der Waals surface area contributed by atoms with Crippen molar-refractivity contribution in [3.05, 3.63) is 75.4 Å². The Hall–Kier alpha value is -2.52. The van der Waals surface area contributed by atoms with Crippen LogP contribution in [0.5, 0.6) is 11.5 Å². The number of β-amino-alcohol motifs (C(OH)–C–C–N with tert-alkyl or cyclic N) is 1. The third-order valence-electron chi connectivity index (χ3n) is 5.95. The highest BCUT2D eigenvalue weighted by Gasteiger charge is 2.29. The number of hydrogen-bond donors (Lipinski definition) is 2. The van der Waals surface area contributed by atoms with E-state index < -0.39 is 0 Å². The second kappa shape index (κ2) is 9.38. The molecular formula is C24H24ClN3O4S. The molecule has 1 saturated heterocycles. The van der Waals surface area contributed by atoms with Crippen molar-refractivity contribution in [3.63, 3.8) is 0 Å². The molecule has 2 aliphatic heterocycles. The van der Waals surface area contributed by atoms with Gasteiger partial charge in [-0.3, -0.25) is 9.36 Å². The standard InChI is InChI=1S/C24H24ClN3O4S/c1-31-21-9-17(6-7-20(21)32-12-16-8-18(29)11-26-16)28-13-27-19-10-22(33-23(19)24(28)30)14-2-4-15(25)5-3-14/h2-7,9,13,16,18,22,26,29H,8,10-12H2,1H3/t16-,18+,22?/m0/s1. The Kier molecular flexibility index (Phi) is 6.34. The number of aliphatic hydroxyl groups is 1. The summed E-state index contributed by atoms with van der Waals surface area (Å²) in [5.74, 6) is 1.12. The van der Waals surface area contributed by atoms with Gasteiger partial charge in [0.05, 0.1) is 29.5 Å². The van der Waals surface area contributed by atoms with Crippen LogP contribution in [0.25, 0.3) is 5.69 Å². The van der Waals surface area contributed by atoms with Crippen LogP contribution < -0.4 is 20.3 Å². The Bertz CT molecular complexity index is 1220. The van der Waals surface area contributed by atoms with E-state index in [1.54, 1.807) is 37.3 Å². The van der Waals surface area contributed by atoms with Gasteiger partial charge < -0.3 is 19.9 Å².